The zero-order chi connectivity index (χ0) is 15.4. The number of carboxylic acids is 1. The van der Waals surface area contributed by atoms with E-state index in [1.54, 1.807) is 6.08 Å². The van der Waals surface area contributed by atoms with Gasteiger partial charge in [-0.3, -0.25) is 14.5 Å². The molecule has 1 atom stereocenters. The molecule has 0 bridgehead atoms. The number of aliphatic carboxylic acids is 1. The predicted octanol–water partition coefficient (Wildman–Crippen LogP) is 2.59. The summed E-state index contributed by atoms with van der Waals surface area (Å²) in [5, 5.41) is 8.77. The third-order valence-corrected chi connectivity index (χ3v) is 4.13. The second-order valence-electron chi connectivity index (χ2n) is 4.67. The topological polar surface area (TPSA) is 70.0 Å². The molecule has 1 amide bonds. The lowest BCUT2D eigenvalue weighted by Gasteiger charge is -2.13. The van der Waals surface area contributed by atoms with Crippen LogP contribution in [-0.2, 0) is 9.59 Å². The summed E-state index contributed by atoms with van der Waals surface area (Å²) < 4.78 is 0. The van der Waals surface area contributed by atoms with Crippen molar-refractivity contribution in [1.29, 1.82) is 0 Å². The first-order valence-electron chi connectivity index (χ1n) is 6.47. The Balaban J connectivity index is 2.27. The predicted molar refractivity (Wildman–Crippen MR) is 83.8 cm³/mol. The Bertz CT molecular complexity index is 595. The minimum absolute atomic E-state index is 0.204. The number of benzene rings is 1. The highest BCUT2D eigenvalue weighted by Gasteiger charge is 2.38. The van der Waals surface area contributed by atoms with Crippen molar-refractivity contribution in [1.82, 2.24) is 4.90 Å². The van der Waals surface area contributed by atoms with Gasteiger partial charge in [-0.2, -0.15) is 0 Å². The number of carbonyl (C=O) groups excluding carboxylic acids is 1. The van der Waals surface area contributed by atoms with E-state index in [0.29, 0.717) is 11.7 Å². The van der Waals surface area contributed by atoms with E-state index in [-0.39, 0.29) is 12.3 Å². The molecule has 0 spiro atoms. The fourth-order valence-corrected chi connectivity index (χ4v) is 3.07. The van der Waals surface area contributed by atoms with Gasteiger partial charge in [0.05, 0.1) is 12.1 Å². The Hall–Kier alpha value is -2.08. The zero-order valence-electron chi connectivity index (χ0n) is 11.7. The molecule has 2 rings (SSSR count). The highest BCUT2D eigenvalue weighted by molar-refractivity contribution is 8.15. The van der Waals surface area contributed by atoms with E-state index in [0.717, 1.165) is 11.3 Å². The number of aryl methyl sites for hydroxylation is 1. The molecule has 1 aromatic carbocycles. The van der Waals surface area contributed by atoms with Crippen LogP contribution in [0.15, 0.2) is 41.9 Å². The number of hydrogen-bond acceptors (Lipinski definition) is 4. The number of aliphatic imine (C=N–C) groups is 1. The summed E-state index contributed by atoms with van der Waals surface area (Å²) in [5.74, 6) is -1.22. The molecule has 1 fully saturated rings. The molecule has 1 saturated heterocycles. The number of carboxylic acid groups (broad SMARTS) is 1. The Morgan fingerprint density at radius 1 is 1.48 bits per heavy atom. The van der Waals surface area contributed by atoms with E-state index >= 15 is 0 Å². The molecular formula is C15H16N2O3S. The maximum atomic E-state index is 12.2. The van der Waals surface area contributed by atoms with Gasteiger partial charge in [-0.25, -0.2) is 4.99 Å². The third-order valence-electron chi connectivity index (χ3n) is 2.95. The molecule has 5 nitrogen and oxygen atoms in total. The maximum Gasteiger partial charge on any atom is 0.305 e. The lowest BCUT2D eigenvalue weighted by atomic mass is 10.2. The SMILES string of the molecule is C=CCN1C(=O)[C@H](CC(=O)O)SC1=Nc1ccc(C)cc1. The standard InChI is InChI=1S/C15H16N2O3S/c1-3-8-17-14(20)12(9-13(18)19)21-15(17)16-11-6-4-10(2)5-7-11/h3-7,12H,1,8-9H2,2H3,(H,18,19)/t12-/m0/s1. The summed E-state index contributed by atoms with van der Waals surface area (Å²) in [6.45, 7) is 5.93. The van der Waals surface area contributed by atoms with Crippen molar-refractivity contribution in [2.75, 3.05) is 6.54 Å². The van der Waals surface area contributed by atoms with Crippen molar-refractivity contribution < 1.29 is 14.7 Å². The van der Waals surface area contributed by atoms with Gasteiger partial charge >= 0.3 is 5.97 Å². The first-order chi connectivity index (χ1) is 10.0. The fourth-order valence-electron chi connectivity index (χ4n) is 1.91. The van der Waals surface area contributed by atoms with Crippen molar-refractivity contribution in [3.8, 4) is 0 Å². The quantitative estimate of drug-likeness (QED) is 0.849. The zero-order valence-corrected chi connectivity index (χ0v) is 12.5. The van der Waals surface area contributed by atoms with Crippen LogP contribution in [0.1, 0.15) is 12.0 Å². The third kappa shape index (κ3) is 3.72. The molecular weight excluding hydrogens is 288 g/mol. The monoisotopic (exact) mass is 304 g/mol. The van der Waals surface area contributed by atoms with Gasteiger partial charge in [-0.05, 0) is 19.1 Å². The molecule has 0 unspecified atom stereocenters. The van der Waals surface area contributed by atoms with Crippen LogP contribution in [0.2, 0.25) is 0 Å². The second kappa shape index (κ2) is 6.58. The van der Waals surface area contributed by atoms with E-state index < -0.39 is 11.2 Å². The molecule has 1 heterocycles. The van der Waals surface area contributed by atoms with Gasteiger partial charge in [0.2, 0.25) is 5.91 Å². The van der Waals surface area contributed by atoms with Crippen molar-refractivity contribution in [3.05, 3.63) is 42.5 Å². The molecule has 1 aliphatic heterocycles. The Morgan fingerprint density at radius 3 is 2.71 bits per heavy atom. The molecule has 1 N–H and O–H groups in total. The van der Waals surface area contributed by atoms with Crippen molar-refractivity contribution >= 4 is 34.5 Å². The number of thioether (sulfide) groups is 1. The first-order valence-corrected chi connectivity index (χ1v) is 7.35. The van der Waals surface area contributed by atoms with Crippen LogP contribution >= 0.6 is 11.8 Å². The molecule has 0 aliphatic carbocycles. The first kappa shape index (κ1) is 15.3. The average Bonchev–Trinajstić information content (AvgIpc) is 2.70. The van der Waals surface area contributed by atoms with E-state index in [2.05, 4.69) is 11.6 Å². The highest BCUT2D eigenvalue weighted by Crippen LogP contribution is 2.31. The second-order valence-corrected chi connectivity index (χ2v) is 5.84. The molecule has 110 valence electrons. The van der Waals surface area contributed by atoms with Gasteiger partial charge in [0.25, 0.3) is 0 Å². The highest BCUT2D eigenvalue weighted by atomic mass is 32.2. The summed E-state index contributed by atoms with van der Waals surface area (Å²) in [5.41, 5.74) is 1.86. The van der Waals surface area contributed by atoms with Crippen LogP contribution in [0.3, 0.4) is 0 Å². The molecule has 0 saturated carbocycles. The van der Waals surface area contributed by atoms with Crippen LogP contribution in [0.4, 0.5) is 5.69 Å². The number of amides is 1. The van der Waals surface area contributed by atoms with Crippen LogP contribution in [0.25, 0.3) is 0 Å². The van der Waals surface area contributed by atoms with Crippen LogP contribution in [0.5, 0.6) is 0 Å². The molecule has 21 heavy (non-hydrogen) atoms. The Kier molecular flexibility index (Phi) is 4.80. The fraction of sp³-hybridized carbons (Fsp3) is 0.267. The largest absolute Gasteiger partial charge is 0.481 e. The number of carbonyl (C=O) groups is 2. The maximum absolute atomic E-state index is 12.2. The molecule has 0 aromatic heterocycles. The number of amidine groups is 1. The lowest BCUT2D eigenvalue weighted by Crippen LogP contribution is -2.32. The van der Waals surface area contributed by atoms with Gasteiger partial charge in [0, 0.05) is 6.54 Å². The van der Waals surface area contributed by atoms with Gasteiger partial charge in [0.15, 0.2) is 5.17 Å². The van der Waals surface area contributed by atoms with Crippen LogP contribution in [-0.4, -0.2) is 38.8 Å². The summed E-state index contributed by atoms with van der Waals surface area (Å²) >= 11 is 1.19. The van der Waals surface area contributed by atoms with Crippen molar-refractivity contribution in [2.24, 2.45) is 4.99 Å². The molecule has 1 aromatic rings. The Labute approximate surface area is 127 Å². The molecule has 1 aliphatic rings. The minimum Gasteiger partial charge on any atom is -0.481 e. The molecule has 0 radical (unpaired) electrons. The summed E-state index contributed by atoms with van der Waals surface area (Å²) in [7, 11) is 0. The number of rotatable bonds is 5. The van der Waals surface area contributed by atoms with Gasteiger partial charge in [-0.15, -0.1) is 6.58 Å². The smallest absolute Gasteiger partial charge is 0.305 e. The van der Waals surface area contributed by atoms with Crippen molar-refractivity contribution in [3.63, 3.8) is 0 Å². The van der Waals surface area contributed by atoms with Gasteiger partial charge in [-0.1, -0.05) is 35.5 Å². The number of nitrogens with zero attached hydrogens (tertiary/aromatic N) is 2. The average molecular weight is 304 g/mol. The van der Waals surface area contributed by atoms with Crippen LogP contribution in [0, 0.1) is 6.92 Å². The van der Waals surface area contributed by atoms with E-state index in [1.165, 1.54) is 16.7 Å². The van der Waals surface area contributed by atoms with Gasteiger partial charge in [0.1, 0.15) is 5.25 Å². The summed E-state index contributed by atoms with van der Waals surface area (Å²) in [6, 6.07) is 7.61. The molecule has 6 heteroatoms. The van der Waals surface area contributed by atoms with E-state index in [4.69, 9.17) is 5.11 Å². The summed E-state index contributed by atoms with van der Waals surface area (Å²) in [4.78, 5) is 29.0. The normalized spacial score (nSPS) is 20.0. The van der Waals surface area contributed by atoms with E-state index in [9.17, 15) is 9.59 Å². The Morgan fingerprint density at radius 2 is 2.14 bits per heavy atom. The van der Waals surface area contributed by atoms with E-state index in [1.807, 2.05) is 31.2 Å². The van der Waals surface area contributed by atoms with Gasteiger partial charge < -0.3 is 5.11 Å². The summed E-state index contributed by atoms with van der Waals surface area (Å²) in [6.07, 6.45) is 1.40. The number of hydrogen-bond donors (Lipinski definition) is 1. The van der Waals surface area contributed by atoms with Crippen LogP contribution < -0.4 is 0 Å². The lowest BCUT2D eigenvalue weighted by molar-refractivity contribution is -0.139. The van der Waals surface area contributed by atoms with Crippen molar-refractivity contribution in [2.45, 2.75) is 18.6 Å². The minimum atomic E-state index is -0.990.